The summed E-state index contributed by atoms with van der Waals surface area (Å²) in [6, 6.07) is 12.2. The molecule has 0 saturated heterocycles. The highest BCUT2D eigenvalue weighted by atomic mass is 19.1. The van der Waals surface area contributed by atoms with Crippen LogP contribution in [0.15, 0.2) is 36.4 Å². The molecule has 3 nitrogen and oxygen atoms in total. The zero-order valence-electron chi connectivity index (χ0n) is 11.4. The Bertz CT molecular complexity index is 662. The Kier molecular flexibility index (Phi) is 4.34. The molecule has 0 bridgehead atoms. The van der Waals surface area contributed by atoms with Gasteiger partial charge >= 0.3 is 0 Å². The molecule has 0 saturated carbocycles. The molecule has 2 rings (SSSR count). The molecule has 0 spiro atoms. The maximum atomic E-state index is 13.7. The van der Waals surface area contributed by atoms with E-state index in [1.54, 1.807) is 44.5 Å². The van der Waals surface area contributed by atoms with Crippen LogP contribution < -0.4 is 10.1 Å². The molecule has 1 N–H and O–H groups in total. The van der Waals surface area contributed by atoms with Gasteiger partial charge in [0.25, 0.3) is 0 Å². The molecule has 0 fully saturated rings. The van der Waals surface area contributed by atoms with Crippen LogP contribution >= 0.6 is 0 Å². The van der Waals surface area contributed by atoms with Gasteiger partial charge in [0.05, 0.1) is 18.7 Å². The molecule has 20 heavy (non-hydrogen) atoms. The van der Waals surface area contributed by atoms with Gasteiger partial charge in [0.1, 0.15) is 11.6 Å². The minimum atomic E-state index is -0.251. The molecule has 2 aromatic carbocycles. The van der Waals surface area contributed by atoms with Crippen LogP contribution in [0.1, 0.15) is 11.1 Å². The molecule has 4 heteroatoms. The van der Waals surface area contributed by atoms with Crippen LogP contribution in [0, 0.1) is 17.1 Å². The third kappa shape index (κ3) is 2.79. The molecule has 0 radical (unpaired) electrons. The first-order valence-electron chi connectivity index (χ1n) is 6.21. The maximum absolute atomic E-state index is 13.7. The van der Waals surface area contributed by atoms with Crippen LogP contribution in [-0.4, -0.2) is 14.2 Å². The van der Waals surface area contributed by atoms with Crippen molar-refractivity contribution in [1.29, 1.82) is 5.26 Å². The van der Waals surface area contributed by atoms with Crippen LogP contribution in [0.25, 0.3) is 11.1 Å². The van der Waals surface area contributed by atoms with Gasteiger partial charge in [-0.1, -0.05) is 6.07 Å². The van der Waals surface area contributed by atoms with Crippen LogP contribution in [0.3, 0.4) is 0 Å². The van der Waals surface area contributed by atoms with Crippen molar-refractivity contribution in [3.8, 4) is 22.9 Å². The van der Waals surface area contributed by atoms with E-state index in [0.717, 1.165) is 11.1 Å². The Balaban J connectivity index is 2.55. The molecule has 0 amide bonds. The fourth-order valence-electron chi connectivity index (χ4n) is 2.07. The van der Waals surface area contributed by atoms with E-state index in [4.69, 9.17) is 10.00 Å². The standard InChI is InChI=1S/C16H15FN2O/c1-19-10-13-8-12(4-5-15(13)17)14-7-11(9-18)3-6-16(14)20-2/h3-8,19H,10H2,1-2H3. The smallest absolute Gasteiger partial charge is 0.127 e. The Hall–Kier alpha value is -2.38. The van der Waals surface area contributed by atoms with Gasteiger partial charge in [-0.2, -0.15) is 5.26 Å². The summed E-state index contributed by atoms with van der Waals surface area (Å²) in [6.45, 7) is 0.444. The van der Waals surface area contributed by atoms with Gasteiger partial charge in [-0.3, -0.25) is 0 Å². The number of benzene rings is 2. The minimum absolute atomic E-state index is 0.251. The van der Waals surface area contributed by atoms with Crippen LogP contribution in [0.2, 0.25) is 0 Å². The summed E-state index contributed by atoms with van der Waals surface area (Å²) >= 11 is 0. The van der Waals surface area contributed by atoms with E-state index in [9.17, 15) is 4.39 Å². The van der Waals surface area contributed by atoms with Crippen LogP contribution in [0.4, 0.5) is 4.39 Å². The lowest BCUT2D eigenvalue weighted by Crippen LogP contribution is -2.07. The minimum Gasteiger partial charge on any atom is -0.496 e. The Morgan fingerprint density at radius 3 is 2.70 bits per heavy atom. The number of halogens is 1. The second-order valence-corrected chi connectivity index (χ2v) is 4.36. The molecule has 2 aromatic rings. The average molecular weight is 270 g/mol. The van der Waals surface area contributed by atoms with Crippen molar-refractivity contribution in [2.24, 2.45) is 0 Å². The van der Waals surface area contributed by atoms with Crippen molar-refractivity contribution < 1.29 is 9.13 Å². The maximum Gasteiger partial charge on any atom is 0.127 e. The Labute approximate surface area is 117 Å². The third-order valence-corrected chi connectivity index (χ3v) is 3.05. The lowest BCUT2D eigenvalue weighted by Gasteiger charge is -2.11. The molecule has 0 atom stereocenters. The van der Waals surface area contributed by atoms with Gasteiger partial charge in [0.2, 0.25) is 0 Å². The highest BCUT2D eigenvalue weighted by Crippen LogP contribution is 2.31. The fourth-order valence-corrected chi connectivity index (χ4v) is 2.07. The molecule has 0 aliphatic rings. The van der Waals surface area contributed by atoms with Gasteiger partial charge < -0.3 is 10.1 Å². The van der Waals surface area contributed by atoms with E-state index in [2.05, 4.69) is 11.4 Å². The Morgan fingerprint density at radius 1 is 1.25 bits per heavy atom. The van der Waals surface area contributed by atoms with E-state index >= 15 is 0 Å². The number of nitriles is 1. The van der Waals surface area contributed by atoms with E-state index in [1.165, 1.54) is 6.07 Å². The van der Waals surface area contributed by atoms with Crippen molar-refractivity contribution in [2.45, 2.75) is 6.54 Å². The summed E-state index contributed by atoms with van der Waals surface area (Å²) in [7, 11) is 3.34. The first-order valence-corrected chi connectivity index (χ1v) is 6.21. The SMILES string of the molecule is CNCc1cc(-c2cc(C#N)ccc2OC)ccc1F. The lowest BCUT2D eigenvalue weighted by atomic mass is 10.00. The second kappa shape index (κ2) is 6.18. The fraction of sp³-hybridized carbons (Fsp3) is 0.188. The quantitative estimate of drug-likeness (QED) is 0.928. The van der Waals surface area contributed by atoms with E-state index in [1.807, 2.05) is 0 Å². The number of nitrogens with zero attached hydrogens (tertiary/aromatic N) is 1. The third-order valence-electron chi connectivity index (χ3n) is 3.05. The average Bonchev–Trinajstić information content (AvgIpc) is 2.49. The van der Waals surface area contributed by atoms with Crippen LogP contribution in [0.5, 0.6) is 5.75 Å². The highest BCUT2D eigenvalue weighted by Gasteiger charge is 2.10. The number of methoxy groups -OCH3 is 1. The molecule has 0 heterocycles. The summed E-state index contributed by atoms with van der Waals surface area (Å²) in [5.41, 5.74) is 2.73. The summed E-state index contributed by atoms with van der Waals surface area (Å²) in [5, 5.41) is 11.9. The Morgan fingerprint density at radius 2 is 2.05 bits per heavy atom. The second-order valence-electron chi connectivity index (χ2n) is 4.36. The summed E-state index contributed by atoms with van der Waals surface area (Å²) < 4.78 is 19.0. The van der Waals surface area contributed by atoms with Crippen LogP contribution in [-0.2, 0) is 6.54 Å². The number of nitrogens with one attached hydrogen (secondary N) is 1. The largest absolute Gasteiger partial charge is 0.496 e. The molecule has 0 aliphatic carbocycles. The van der Waals surface area contributed by atoms with Gasteiger partial charge in [-0.05, 0) is 42.9 Å². The van der Waals surface area contributed by atoms with Crippen molar-refractivity contribution in [3.63, 3.8) is 0 Å². The zero-order chi connectivity index (χ0) is 14.5. The number of hydrogen-bond acceptors (Lipinski definition) is 3. The van der Waals surface area contributed by atoms with Crippen molar-refractivity contribution >= 4 is 0 Å². The first-order chi connectivity index (χ1) is 9.69. The van der Waals surface area contributed by atoms with Crippen molar-refractivity contribution in [1.82, 2.24) is 5.32 Å². The van der Waals surface area contributed by atoms with Gasteiger partial charge in [0, 0.05) is 17.7 Å². The molecular weight excluding hydrogens is 255 g/mol. The van der Waals surface area contributed by atoms with Gasteiger partial charge in [-0.15, -0.1) is 0 Å². The van der Waals surface area contributed by atoms with Gasteiger partial charge in [0.15, 0.2) is 0 Å². The van der Waals surface area contributed by atoms with E-state index < -0.39 is 0 Å². The van der Waals surface area contributed by atoms with E-state index in [0.29, 0.717) is 23.4 Å². The lowest BCUT2D eigenvalue weighted by molar-refractivity contribution is 0.416. The van der Waals surface area contributed by atoms with E-state index in [-0.39, 0.29) is 5.82 Å². The number of rotatable bonds is 4. The van der Waals surface area contributed by atoms with Crippen molar-refractivity contribution in [3.05, 3.63) is 53.3 Å². The normalized spacial score (nSPS) is 10.1. The topological polar surface area (TPSA) is 45.0 Å². The number of ether oxygens (including phenoxy) is 1. The molecule has 0 aromatic heterocycles. The summed E-state index contributed by atoms with van der Waals surface area (Å²) in [6.07, 6.45) is 0. The molecule has 0 aliphatic heterocycles. The van der Waals surface area contributed by atoms with Gasteiger partial charge in [-0.25, -0.2) is 4.39 Å². The highest BCUT2D eigenvalue weighted by molar-refractivity contribution is 5.72. The monoisotopic (exact) mass is 270 g/mol. The molecule has 0 unspecified atom stereocenters. The summed E-state index contributed by atoms with van der Waals surface area (Å²) in [4.78, 5) is 0. The zero-order valence-corrected chi connectivity index (χ0v) is 11.4. The molecule has 102 valence electrons. The predicted octanol–water partition coefficient (Wildman–Crippen LogP) is 3.09. The predicted molar refractivity (Wildman–Crippen MR) is 75.9 cm³/mol. The summed E-state index contributed by atoms with van der Waals surface area (Å²) in [5.74, 6) is 0.407. The number of hydrogen-bond donors (Lipinski definition) is 1. The first kappa shape index (κ1) is 14.0. The molecular formula is C16H15FN2O. The van der Waals surface area contributed by atoms with Crippen molar-refractivity contribution in [2.75, 3.05) is 14.2 Å².